The van der Waals surface area contributed by atoms with Gasteiger partial charge in [-0.05, 0) is 23.8 Å². The zero-order valence-corrected chi connectivity index (χ0v) is 12.6. The number of urea groups is 1. The normalized spacial score (nSPS) is 14.2. The molecule has 0 saturated heterocycles. The maximum absolute atomic E-state index is 11.9. The van der Waals surface area contributed by atoms with E-state index in [0.717, 1.165) is 4.90 Å². The highest BCUT2D eigenvalue weighted by Crippen LogP contribution is 2.31. The van der Waals surface area contributed by atoms with Crippen molar-refractivity contribution in [1.82, 2.24) is 5.32 Å². The molecule has 9 heteroatoms. The molecule has 20 heavy (non-hydrogen) atoms. The smallest absolute Gasteiger partial charge is 0.274 e. The first-order chi connectivity index (χ1) is 9.20. The Labute approximate surface area is 133 Å². The van der Waals surface area contributed by atoms with Gasteiger partial charge in [0.2, 0.25) is 5.91 Å². The minimum Gasteiger partial charge on any atom is -0.274 e. The Morgan fingerprint density at radius 1 is 1.25 bits per heavy atom. The molecule has 4 amide bonds. The van der Waals surface area contributed by atoms with Crippen LogP contribution in [0.25, 0.3) is 0 Å². The van der Waals surface area contributed by atoms with E-state index < -0.39 is 21.6 Å². The lowest BCUT2D eigenvalue weighted by atomic mass is 10.2. The number of imide groups is 2. The highest BCUT2D eigenvalue weighted by atomic mass is 35.6. The first kappa shape index (κ1) is 15.4. The zero-order valence-electron chi connectivity index (χ0n) is 9.62. The Kier molecular flexibility index (Phi) is 4.16. The SMILES string of the molecule is O=C1Cc2cc(Cl)ccc2N1C(=O)NC(=O)C(Cl)(Cl)Cl. The molecular formula is C11H6Cl4N2O3. The number of benzene rings is 1. The van der Waals surface area contributed by atoms with Crippen molar-refractivity contribution in [3.63, 3.8) is 0 Å². The van der Waals surface area contributed by atoms with Gasteiger partial charge in [-0.25, -0.2) is 9.69 Å². The average Bonchev–Trinajstić information content (AvgIpc) is 2.62. The summed E-state index contributed by atoms with van der Waals surface area (Å²) in [6.07, 6.45) is 0.00523. The van der Waals surface area contributed by atoms with Crippen molar-refractivity contribution >= 4 is 69.9 Å². The van der Waals surface area contributed by atoms with Crippen LogP contribution in [0.15, 0.2) is 18.2 Å². The van der Waals surface area contributed by atoms with Crippen LogP contribution in [-0.2, 0) is 16.0 Å². The molecule has 1 aliphatic heterocycles. The number of hydrogen-bond acceptors (Lipinski definition) is 3. The molecular weight excluding hydrogens is 350 g/mol. The van der Waals surface area contributed by atoms with Gasteiger partial charge in [0.15, 0.2) is 0 Å². The van der Waals surface area contributed by atoms with E-state index in [1.807, 2.05) is 5.32 Å². The van der Waals surface area contributed by atoms with Crippen molar-refractivity contribution in [2.24, 2.45) is 0 Å². The van der Waals surface area contributed by atoms with Crippen molar-refractivity contribution in [3.05, 3.63) is 28.8 Å². The molecule has 0 atom stereocenters. The van der Waals surface area contributed by atoms with E-state index in [0.29, 0.717) is 16.3 Å². The van der Waals surface area contributed by atoms with Crippen LogP contribution in [0.3, 0.4) is 0 Å². The highest BCUT2D eigenvalue weighted by Gasteiger charge is 2.37. The van der Waals surface area contributed by atoms with E-state index in [1.54, 1.807) is 6.07 Å². The summed E-state index contributed by atoms with van der Waals surface area (Å²) in [5, 5.41) is 2.29. The molecule has 0 fully saturated rings. The van der Waals surface area contributed by atoms with Gasteiger partial charge in [0, 0.05) is 5.02 Å². The average molecular weight is 356 g/mol. The van der Waals surface area contributed by atoms with Crippen LogP contribution in [0, 0.1) is 0 Å². The molecule has 0 spiro atoms. The topological polar surface area (TPSA) is 66.5 Å². The Morgan fingerprint density at radius 2 is 1.90 bits per heavy atom. The van der Waals surface area contributed by atoms with E-state index in [2.05, 4.69) is 0 Å². The van der Waals surface area contributed by atoms with E-state index in [4.69, 9.17) is 46.4 Å². The molecule has 0 aromatic heterocycles. The Balaban J connectivity index is 2.24. The summed E-state index contributed by atoms with van der Waals surface area (Å²) in [4.78, 5) is 36.0. The van der Waals surface area contributed by atoms with E-state index in [9.17, 15) is 14.4 Å². The van der Waals surface area contributed by atoms with E-state index >= 15 is 0 Å². The predicted molar refractivity (Wildman–Crippen MR) is 76.5 cm³/mol. The summed E-state index contributed by atoms with van der Waals surface area (Å²) >= 11 is 21.8. The van der Waals surface area contributed by atoms with Gasteiger partial charge in [0.25, 0.3) is 9.70 Å². The number of fused-ring (bicyclic) bond motifs is 1. The minimum absolute atomic E-state index is 0.00523. The number of alkyl halides is 3. The molecule has 1 aliphatic rings. The molecule has 0 unspecified atom stereocenters. The lowest BCUT2D eigenvalue weighted by Gasteiger charge is -2.17. The van der Waals surface area contributed by atoms with Crippen LogP contribution >= 0.6 is 46.4 Å². The van der Waals surface area contributed by atoms with Crippen LogP contribution in [0.2, 0.25) is 5.02 Å². The fraction of sp³-hybridized carbons (Fsp3) is 0.182. The largest absolute Gasteiger partial charge is 0.335 e. The van der Waals surface area contributed by atoms with Gasteiger partial charge in [-0.1, -0.05) is 46.4 Å². The molecule has 1 heterocycles. The second-order valence-corrected chi connectivity index (χ2v) is 6.65. The van der Waals surface area contributed by atoms with Crippen molar-refractivity contribution in [2.45, 2.75) is 10.2 Å². The van der Waals surface area contributed by atoms with Crippen LogP contribution < -0.4 is 10.2 Å². The second kappa shape index (κ2) is 5.41. The molecule has 1 aromatic carbocycles. The molecule has 5 nitrogen and oxygen atoms in total. The van der Waals surface area contributed by atoms with Crippen molar-refractivity contribution in [1.29, 1.82) is 0 Å². The third-order valence-corrected chi connectivity index (χ3v) is 3.30. The Hall–Kier alpha value is -1.01. The lowest BCUT2D eigenvalue weighted by Crippen LogP contribution is -2.48. The summed E-state index contributed by atoms with van der Waals surface area (Å²) in [7, 11) is 0. The van der Waals surface area contributed by atoms with Gasteiger partial charge in [-0.15, -0.1) is 0 Å². The van der Waals surface area contributed by atoms with Gasteiger partial charge >= 0.3 is 6.03 Å². The Bertz CT molecular complexity index is 612. The van der Waals surface area contributed by atoms with Crippen molar-refractivity contribution in [2.75, 3.05) is 4.90 Å². The quantitative estimate of drug-likeness (QED) is 0.727. The number of amides is 4. The number of halogens is 4. The van der Waals surface area contributed by atoms with Gasteiger partial charge < -0.3 is 0 Å². The van der Waals surface area contributed by atoms with Crippen LogP contribution in [0.4, 0.5) is 10.5 Å². The van der Waals surface area contributed by atoms with Crippen LogP contribution in [0.5, 0.6) is 0 Å². The number of hydrogen-bond donors (Lipinski definition) is 1. The minimum atomic E-state index is -2.29. The summed E-state index contributed by atoms with van der Waals surface area (Å²) in [5.41, 5.74) is 0.924. The predicted octanol–water partition coefficient (Wildman–Crippen LogP) is 2.84. The van der Waals surface area contributed by atoms with Gasteiger partial charge in [-0.3, -0.25) is 14.9 Å². The number of anilines is 1. The number of nitrogens with zero attached hydrogens (tertiary/aromatic N) is 1. The standard InChI is InChI=1S/C11H6Cl4N2O3/c12-6-1-2-7-5(3-6)4-8(18)17(7)10(20)16-9(19)11(13,14)15/h1-3H,4H2,(H,16,19,20). The molecule has 1 aromatic rings. The summed E-state index contributed by atoms with van der Waals surface area (Å²) in [5.74, 6) is -1.64. The lowest BCUT2D eigenvalue weighted by molar-refractivity contribution is -0.119. The first-order valence-electron chi connectivity index (χ1n) is 5.23. The fourth-order valence-corrected chi connectivity index (χ4v) is 2.07. The Morgan fingerprint density at radius 3 is 2.50 bits per heavy atom. The maximum atomic E-state index is 11.9. The number of carbonyl (C=O) groups is 3. The highest BCUT2D eigenvalue weighted by molar-refractivity contribution is 6.76. The van der Waals surface area contributed by atoms with E-state index in [1.165, 1.54) is 12.1 Å². The van der Waals surface area contributed by atoms with Crippen molar-refractivity contribution in [3.8, 4) is 0 Å². The monoisotopic (exact) mass is 354 g/mol. The van der Waals surface area contributed by atoms with Crippen molar-refractivity contribution < 1.29 is 14.4 Å². The van der Waals surface area contributed by atoms with Gasteiger partial charge in [0.05, 0.1) is 12.1 Å². The molecule has 2 rings (SSSR count). The number of carbonyl (C=O) groups excluding carboxylic acids is 3. The summed E-state index contributed by atoms with van der Waals surface area (Å²) in [6, 6.07) is 3.61. The van der Waals surface area contributed by atoms with Crippen LogP contribution in [0.1, 0.15) is 5.56 Å². The fourth-order valence-electron chi connectivity index (χ4n) is 1.74. The van der Waals surface area contributed by atoms with Gasteiger partial charge in [0.1, 0.15) is 0 Å². The number of nitrogens with one attached hydrogen (secondary N) is 1. The van der Waals surface area contributed by atoms with Crippen LogP contribution in [-0.4, -0.2) is 21.6 Å². The third-order valence-electron chi connectivity index (χ3n) is 2.55. The zero-order chi connectivity index (χ0) is 15.1. The molecule has 106 valence electrons. The summed E-state index contributed by atoms with van der Waals surface area (Å²) in [6.45, 7) is 0. The van der Waals surface area contributed by atoms with Gasteiger partial charge in [-0.2, -0.15) is 0 Å². The number of rotatable bonds is 0. The maximum Gasteiger partial charge on any atom is 0.335 e. The molecule has 0 radical (unpaired) electrons. The molecule has 0 bridgehead atoms. The summed E-state index contributed by atoms with van der Waals surface area (Å²) < 4.78 is -2.29. The molecule has 1 N–H and O–H groups in total. The second-order valence-electron chi connectivity index (χ2n) is 3.94. The van der Waals surface area contributed by atoms with E-state index in [-0.39, 0.29) is 6.42 Å². The third kappa shape index (κ3) is 3.01. The molecule has 0 aliphatic carbocycles. The molecule has 0 saturated carbocycles. The first-order valence-corrected chi connectivity index (χ1v) is 6.75.